The molecule has 3 atom stereocenters. The Morgan fingerprint density at radius 1 is 0.786 bits per heavy atom. The van der Waals surface area contributed by atoms with Gasteiger partial charge in [-0.3, -0.25) is 9.80 Å². The van der Waals surface area contributed by atoms with E-state index in [9.17, 15) is 31.4 Å². The molecule has 0 saturated carbocycles. The maximum Gasteiger partial charge on any atom is 0.416 e. The summed E-state index contributed by atoms with van der Waals surface area (Å²) in [6, 6.07) is 20.2. The summed E-state index contributed by atoms with van der Waals surface area (Å²) in [5.41, 5.74) is -5.30. The first-order chi connectivity index (χ1) is 19.7. The molecular formula is C32H35F6N3O. The van der Waals surface area contributed by atoms with Gasteiger partial charge in [-0.15, -0.1) is 0 Å². The Hall–Kier alpha value is -2.92. The molecule has 2 saturated heterocycles. The second-order valence-electron chi connectivity index (χ2n) is 11.5. The predicted molar refractivity (Wildman–Crippen MR) is 148 cm³/mol. The Kier molecular flexibility index (Phi) is 7.98. The number of piperazine rings is 1. The van der Waals surface area contributed by atoms with Crippen molar-refractivity contribution in [3.63, 3.8) is 0 Å². The molecule has 42 heavy (non-hydrogen) atoms. The Balaban J connectivity index is 1.84. The van der Waals surface area contributed by atoms with Crippen molar-refractivity contribution < 1.29 is 31.4 Å². The standard InChI is InChI=1S/C32H35F6N3O/c1-3-40-16-14-29(42,24-12-8-5-9-13-24)21-30(40,25-18-26(31(33,34)35)20-27(19-25)32(36,37)38)41-17-15-39-22-28(41,2)23-10-6-4-7-11-23/h4-13,18-20,39,42H,3,14-17,21-22H2,1-2H3. The summed E-state index contributed by atoms with van der Waals surface area (Å²) in [6.07, 6.45) is -9.87. The minimum absolute atomic E-state index is 0.126. The summed E-state index contributed by atoms with van der Waals surface area (Å²) in [7, 11) is 0. The van der Waals surface area contributed by atoms with E-state index in [1.807, 2.05) is 54.0 Å². The molecule has 5 rings (SSSR count). The van der Waals surface area contributed by atoms with Crippen LogP contribution in [0.1, 0.15) is 54.5 Å². The van der Waals surface area contributed by atoms with Crippen molar-refractivity contribution in [2.75, 3.05) is 32.7 Å². The molecule has 2 heterocycles. The van der Waals surface area contributed by atoms with Gasteiger partial charge >= 0.3 is 12.4 Å². The Bertz CT molecular complexity index is 1350. The van der Waals surface area contributed by atoms with E-state index in [2.05, 4.69) is 5.32 Å². The molecule has 2 aliphatic rings. The van der Waals surface area contributed by atoms with Gasteiger partial charge in [-0.1, -0.05) is 67.6 Å². The van der Waals surface area contributed by atoms with Gasteiger partial charge in [-0.25, -0.2) is 0 Å². The van der Waals surface area contributed by atoms with Gasteiger partial charge in [0.1, 0.15) is 5.66 Å². The van der Waals surface area contributed by atoms with Crippen molar-refractivity contribution in [3.05, 3.63) is 107 Å². The zero-order valence-corrected chi connectivity index (χ0v) is 23.6. The molecular weight excluding hydrogens is 556 g/mol. The third-order valence-corrected chi connectivity index (χ3v) is 9.02. The molecule has 10 heteroatoms. The number of benzene rings is 3. The molecule has 0 amide bonds. The zero-order chi connectivity index (χ0) is 30.4. The third kappa shape index (κ3) is 5.34. The maximum atomic E-state index is 14.2. The summed E-state index contributed by atoms with van der Waals surface area (Å²) in [4.78, 5) is 3.96. The van der Waals surface area contributed by atoms with E-state index in [0.29, 0.717) is 31.7 Å². The Labute approximate surface area is 242 Å². The fraction of sp³-hybridized carbons (Fsp3) is 0.438. The quantitative estimate of drug-likeness (QED) is 0.324. The predicted octanol–water partition coefficient (Wildman–Crippen LogP) is 6.70. The second-order valence-corrected chi connectivity index (χ2v) is 11.5. The molecule has 2 aliphatic heterocycles. The number of halogens is 6. The van der Waals surface area contributed by atoms with Crippen LogP contribution in [0.15, 0.2) is 78.9 Å². The highest BCUT2D eigenvalue weighted by Gasteiger charge is 2.58. The summed E-state index contributed by atoms with van der Waals surface area (Å²) < 4.78 is 85.4. The second kappa shape index (κ2) is 11.0. The highest BCUT2D eigenvalue weighted by molar-refractivity contribution is 5.41. The number of rotatable bonds is 5. The topological polar surface area (TPSA) is 38.7 Å². The number of nitrogens with zero attached hydrogens (tertiary/aromatic N) is 2. The number of aliphatic hydroxyl groups is 1. The van der Waals surface area contributed by atoms with Crippen LogP contribution < -0.4 is 5.32 Å². The monoisotopic (exact) mass is 591 g/mol. The lowest BCUT2D eigenvalue weighted by atomic mass is 9.71. The maximum absolute atomic E-state index is 14.2. The van der Waals surface area contributed by atoms with E-state index in [0.717, 1.165) is 17.7 Å². The number of hydrogen-bond acceptors (Lipinski definition) is 4. The van der Waals surface area contributed by atoms with Gasteiger partial charge in [0.15, 0.2) is 0 Å². The molecule has 4 nitrogen and oxygen atoms in total. The smallest absolute Gasteiger partial charge is 0.385 e. The molecule has 0 aliphatic carbocycles. The van der Waals surface area contributed by atoms with Crippen LogP contribution in [0.5, 0.6) is 0 Å². The van der Waals surface area contributed by atoms with E-state index in [4.69, 9.17) is 0 Å². The largest absolute Gasteiger partial charge is 0.416 e. The molecule has 3 aromatic carbocycles. The summed E-state index contributed by atoms with van der Waals surface area (Å²) in [5.74, 6) is 0. The minimum atomic E-state index is -5.01. The minimum Gasteiger partial charge on any atom is -0.385 e. The molecule has 2 fully saturated rings. The third-order valence-electron chi connectivity index (χ3n) is 9.02. The fourth-order valence-electron chi connectivity index (χ4n) is 6.93. The van der Waals surface area contributed by atoms with Gasteiger partial charge in [0.2, 0.25) is 0 Å². The molecule has 0 spiro atoms. The lowest BCUT2D eigenvalue weighted by molar-refractivity contribution is -0.199. The van der Waals surface area contributed by atoms with Gasteiger partial charge in [-0.2, -0.15) is 26.3 Å². The van der Waals surface area contributed by atoms with Crippen molar-refractivity contribution in [1.29, 1.82) is 0 Å². The van der Waals surface area contributed by atoms with E-state index in [-0.39, 0.29) is 31.0 Å². The lowest BCUT2D eigenvalue weighted by Gasteiger charge is -2.63. The molecule has 0 bridgehead atoms. The van der Waals surface area contributed by atoms with Crippen LogP contribution in [-0.4, -0.2) is 47.6 Å². The number of piperidine rings is 1. The van der Waals surface area contributed by atoms with Gasteiger partial charge in [-0.05, 0) is 54.8 Å². The Morgan fingerprint density at radius 3 is 1.86 bits per heavy atom. The Morgan fingerprint density at radius 2 is 1.33 bits per heavy atom. The number of alkyl halides is 6. The lowest BCUT2D eigenvalue weighted by Crippen LogP contribution is -2.72. The molecule has 3 aromatic rings. The van der Waals surface area contributed by atoms with Crippen LogP contribution in [0.2, 0.25) is 0 Å². The van der Waals surface area contributed by atoms with Gasteiger partial charge in [0, 0.05) is 32.6 Å². The number of likely N-dealkylation sites (tertiary alicyclic amines) is 1. The SMILES string of the molecule is CCN1CCC(O)(c2ccccc2)CC1(c1cc(C(F)(F)F)cc(C(F)(F)F)c1)N1CCNCC1(C)c1ccccc1. The van der Waals surface area contributed by atoms with Crippen LogP contribution in [0.25, 0.3) is 0 Å². The van der Waals surface area contributed by atoms with E-state index in [1.165, 1.54) is 0 Å². The highest BCUT2D eigenvalue weighted by Crippen LogP contribution is 2.53. The van der Waals surface area contributed by atoms with Crippen LogP contribution in [-0.2, 0) is 29.2 Å². The van der Waals surface area contributed by atoms with E-state index in [1.54, 1.807) is 30.3 Å². The molecule has 0 aromatic heterocycles. The summed E-state index contributed by atoms with van der Waals surface area (Å²) in [6.45, 7) is 5.61. The number of hydrogen-bond donors (Lipinski definition) is 2. The number of nitrogens with one attached hydrogen (secondary N) is 1. The van der Waals surface area contributed by atoms with Crippen molar-refractivity contribution >= 4 is 0 Å². The van der Waals surface area contributed by atoms with Crippen molar-refractivity contribution in [2.24, 2.45) is 0 Å². The molecule has 2 N–H and O–H groups in total. The van der Waals surface area contributed by atoms with Crippen LogP contribution in [0, 0.1) is 0 Å². The summed E-state index contributed by atoms with van der Waals surface area (Å²) >= 11 is 0. The average molecular weight is 592 g/mol. The average Bonchev–Trinajstić information content (AvgIpc) is 2.97. The van der Waals surface area contributed by atoms with Crippen molar-refractivity contribution in [2.45, 2.75) is 55.8 Å². The van der Waals surface area contributed by atoms with E-state index < -0.39 is 40.3 Å². The fourth-order valence-corrected chi connectivity index (χ4v) is 6.93. The molecule has 0 radical (unpaired) electrons. The van der Waals surface area contributed by atoms with E-state index >= 15 is 0 Å². The first kappa shape index (κ1) is 30.5. The zero-order valence-electron chi connectivity index (χ0n) is 23.6. The first-order valence-corrected chi connectivity index (χ1v) is 14.1. The van der Waals surface area contributed by atoms with Crippen LogP contribution in [0.3, 0.4) is 0 Å². The first-order valence-electron chi connectivity index (χ1n) is 14.1. The van der Waals surface area contributed by atoms with Crippen LogP contribution in [0.4, 0.5) is 26.3 Å². The molecule has 226 valence electrons. The van der Waals surface area contributed by atoms with Crippen LogP contribution >= 0.6 is 0 Å². The van der Waals surface area contributed by atoms with Gasteiger partial charge in [0.05, 0.1) is 22.3 Å². The van der Waals surface area contributed by atoms with Crippen molar-refractivity contribution in [3.8, 4) is 0 Å². The molecule has 3 unspecified atom stereocenters. The van der Waals surface area contributed by atoms with Gasteiger partial charge < -0.3 is 10.4 Å². The summed E-state index contributed by atoms with van der Waals surface area (Å²) in [5, 5.41) is 15.7. The normalized spacial score (nSPS) is 28.1. The van der Waals surface area contributed by atoms with Gasteiger partial charge in [0.25, 0.3) is 0 Å². The highest BCUT2D eigenvalue weighted by atomic mass is 19.4. The van der Waals surface area contributed by atoms with Crippen molar-refractivity contribution in [1.82, 2.24) is 15.1 Å².